The first-order valence-electron chi connectivity index (χ1n) is 8.90. The van der Waals surface area contributed by atoms with Crippen LogP contribution < -0.4 is 10.6 Å². The lowest BCUT2D eigenvalue weighted by Crippen LogP contribution is -2.40. The molecule has 2 atom stereocenters. The van der Waals surface area contributed by atoms with Gasteiger partial charge in [-0.15, -0.1) is 0 Å². The van der Waals surface area contributed by atoms with Crippen LogP contribution in [-0.4, -0.2) is 42.5 Å². The molecule has 1 aromatic rings. The summed E-state index contributed by atoms with van der Waals surface area (Å²) in [5.74, 6) is 0.768. The highest BCUT2D eigenvalue weighted by atomic mass is 16.2. The topological polar surface area (TPSA) is 61.4 Å². The summed E-state index contributed by atoms with van der Waals surface area (Å²) in [5, 5.41) is 5.85. The van der Waals surface area contributed by atoms with E-state index in [1.807, 2.05) is 11.0 Å². The molecule has 1 saturated heterocycles. The van der Waals surface area contributed by atoms with E-state index in [0.717, 1.165) is 19.4 Å². The maximum atomic E-state index is 12.0. The summed E-state index contributed by atoms with van der Waals surface area (Å²) >= 11 is 0. The molecule has 1 heterocycles. The predicted octanol–water partition coefficient (Wildman–Crippen LogP) is 2.41. The summed E-state index contributed by atoms with van der Waals surface area (Å²) in [6, 6.07) is 8.70. The van der Waals surface area contributed by atoms with Crippen LogP contribution in [0.2, 0.25) is 0 Å². The maximum Gasteiger partial charge on any atom is 0.314 e. The number of carbonyl (C=O) groups excluding carboxylic acids is 2. The van der Waals surface area contributed by atoms with Crippen LogP contribution >= 0.6 is 0 Å². The number of nitrogens with one attached hydrogen (secondary N) is 2. The molecule has 1 aliphatic heterocycles. The average molecular weight is 329 g/mol. The van der Waals surface area contributed by atoms with Crippen molar-refractivity contribution in [3.63, 3.8) is 0 Å². The monoisotopic (exact) mass is 329 g/mol. The zero-order valence-corrected chi connectivity index (χ0v) is 14.5. The quantitative estimate of drug-likeness (QED) is 0.842. The first kappa shape index (κ1) is 16.8. The van der Waals surface area contributed by atoms with Crippen molar-refractivity contribution in [2.75, 3.05) is 19.6 Å². The van der Waals surface area contributed by atoms with Gasteiger partial charge in [-0.1, -0.05) is 36.8 Å². The van der Waals surface area contributed by atoms with Gasteiger partial charge in [-0.25, -0.2) is 4.79 Å². The Morgan fingerprint density at radius 1 is 1.33 bits per heavy atom. The molecule has 1 aliphatic carbocycles. The van der Waals surface area contributed by atoms with Gasteiger partial charge in [-0.3, -0.25) is 4.79 Å². The fourth-order valence-corrected chi connectivity index (χ4v) is 3.32. The molecular weight excluding hydrogens is 302 g/mol. The normalized spacial score (nSPS) is 21.7. The number of amides is 3. The van der Waals surface area contributed by atoms with Gasteiger partial charge in [0.2, 0.25) is 5.91 Å². The van der Waals surface area contributed by atoms with E-state index in [9.17, 15) is 9.59 Å². The minimum absolute atomic E-state index is 0.146. The molecule has 0 radical (unpaired) electrons. The van der Waals surface area contributed by atoms with Crippen molar-refractivity contribution < 1.29 is 9.59 Å². The highest BCUT2D eigenvalue weighted by molar-refractivity contribution is 5.79. The number of carbonyl (C=O) groups is 2. The predicted molar refractivity (Wildman–Crippen MR) is 93.8 cm³/mol. The van der Waals surface area contributed by atoms with Crippen LogP contribution in [0.3, 0.4) is 0 Å². The molecule has 2 aliphatic rings. The van der Waals surface area contributed by atoms with Gasteiger partial charge in [0.25, 0.3) is 0 Å². The summed E-state index contributed by atoms with van der Waals surface area (Å²) < 4.78 is 0. The number of nitrogens with zero attached hydrogens (tertiary/aromatic N) is 1. The molecule has 130 valence electrons. The number of hydrogen-bond acceptors (Lipinski definition) is 2. The molecule has 3 amide bonds. The molecule has 5 heteroatoms. The Kier molecular flexibility index (Phi) is 5.07. The number of urea groups is 1. The van der Waals surface area contributed by atoms with E-state index in [4.69, 9.17) is 0 Å². The second-order valence-corrected chi connectivity index (χ2v) is 7.25. The lowest BCUT2D eigenvalue weighted by atomic mass is 9.99. The van der Waals surface area contributed by atoms with E-state index >= 15 is 0 Å². The molecule has 3 rings (SSSR count). The summed E-state index contributed by atoms with van der Waals surface area (Å²) in [7, 11) is 0. The average Bonchev–Trinajstić information content (AvgIpc) is 3.33. The van der Waals surface area contributed by atoms with Crippen LogP contribution in [0.15, 0.2) is 24.3 Å². The highest BCUT2D eigenvalue weighted by Crippen LogP contribution is 2.32. The molecule has 0 spiro atoms. The van der Waals surface area contributed by atoms with Crippen molar-refractivity contribution in [3.8, 4) is 0 Å². The minimum Gasteiger partial charge on any atom is -0.339 e. The van der Waals surface area contributed by atoms with Crippen LogP contribution in [0, 0.1) is 12.8 Å². The Labute approximate surface area is 143 Å². The summed E-state index contributed by atoms with van der Waals surface area (Å²) in [5.41, 5.74) is 2.46. The zero-order valence-electron chi connectivity index (χ0n) is 14.5. The zero-order chi connectivity index (χ0) is 17.1. The molecule has 0 bridgehead atoms. The SMILES string of the molecule is Cc1cccc([C@H](C)CNC(=O)NC[C@H]2CC(=O)N(C3CC3)C2)c1. The van der Waals surface area contributed by atoms with Gasteiger partial charge >= 0.3 is 6.03 Å². The molecule has 2 fully saturated rings. The van der Waals surface area contributed by atoms with Gasteiger partial charge in [0.1, 0.15) is 0 Å². The van der Waals surface area contributed by atoms with E-state index in [1.54, 1.807) is 0 Å². The fraction of sp³-hybridized carbons (Fsp3) is 0.579. The van der Waals surface area contributed by atoms with Gasteiger partial charge in [-0.2, -0.15) is 0 Å². The van der Waals surface area contributed by atoms with Gasteiger partial charge in [-0.05, 0) is 31.2 Å². The van der Waals surface area contributed by atoms with Crippen molar-refractivity contribution in [2.45, 2.75) is 45.1 Å². The Balaban J connectivity index is 1.37. The largest absolute Gasteiger partial charge is 0.339 e. The third-order valence-corrected chi connectivity index (χ3v) is 4.96. The van der Waals surface area contributed by atoms with Crippen molar-refractivity contribution >= 4 is 11.9 Å². The summed E-state index contributed by atoms with van der Waals surface area (Å²) in [6.45, 7) is 6.15. The van der Waals surface area contributed by atoms with E-state index in [1.165, 1.54) is 11.1 Å². The van der Waals surface area contributed by atoms with Crippen LogP contribution in [0.5, 0.6) is 0 Å². The molecule has 2 N–H and O–H groups in total. The van der Waals surface area contributed by atoms with Gasteiger partial charge in [0, 0.05) is 38.0 Å². The van der Waals surface area contributed by atoms with Crippen LogP contribution in [-0.2, 0) is 4.79 Å². The van der Waals surface area contributed by atoms with Crippen molar-refractivity contribution in [3.05, 3.63) is 35.4 Å². The summed E-state index contributed by atoms with van der Waals surface area (Å²) in [4.78, 5) is 25.9. The van der Waals surface area contributed by atoms with E-state index in [0.29, 0.717) is 25.6 Å². The Morgan fingerprint density at radius 2 is 2.12 bits per heavy atom. The lowest BCUT2D eigenvalue weighted by Gasteiger charge is -2.17. The highest BCUT2D eigenvalue weighted by Gasteiger charge is 2.39. The molecule has 24 heavy (non-hydrogen) atoms. The Bertz CT molecular complexity index is 612. The first-order chi connectivity index (χ1) is 11.5. The smallest absolute Gasteiger partial charge is 0.314 e. The number of benzene rings is 1. The second-order valence-electron chi connectivity index (χ2n) is 7.25. The molecule has 1 aromatic carbocycles. The van der Waals surface area contributed by atoms with Crippen molar-refractivity contribution in [1.29, 1.82) is 0 Å². The molecule has 0 aromatic heterocycles. The standard InChI is InChI=1S/C19H27N3O2/c1-13-4-3-5-16(8-13)14(2)10-20-19(24)21-11-15-9-18(23)22(12-15)17-6-7-17/h3-5,8,14-15,17H,6-7,9-12H2,1-2H3,(H2,20,21,24)/t14-,15-/m1/s1. The Morgan fingerprint density at radius 3 is 2.83 bits per heavy atom. The maximum absolute atomic E-state index is 12.0. The van der Waals surface area contributed by atoms with E-state index in [2.05, 4.69) is 42.7 Å². The van der Waals surface area contributed by atoms with Gasteiger partial charge < -0.3 is 15.5 Å². The number of aryl methyl sites for hydroxylation is 1. The first-order valence-corrected chi connectivity index (χ1v) is 8.90. The third kappa shape index (κ3) is 4.28. The molecule has 0 unspecified atom stereocenters. The van der Waals surface area contributed by atoms with Crippen LogP contribution in [0.25, 0.3) is 0 Å². The Hall–Kier alpha value is -2.04. The van der Waals surface area contributed by atoms with Crippen molar-refractivity contribution in [2.24, 2.45) is 5.92 Å². The second kappa shape index (κ2) is 7.24. The molecular formula is C19H27N3O2. The van der Waals surface area contributed by atoms with Gasteiger partial charge in [0.15, 0.2) is 0 Å². The molecule has 1 saturated carbocycles. The fourth-order valence-electron chi connectivity index (χ4n) is 3.32. The van der Waals surface area contributed by atoms with Gasteiger partial charge in [0.05, 0.1) is 0 Å². The van der Waals surface area contributed by atoms with E-state index < -0.39 is 0 Å². The van der Waals surface area contributed by atoms with Crippen LogP contribution in [0.1, 0.15) is 43.2 Å². The number of likely N-dealkylation sites (tertiary alicyclic amines) is 1. The number of hydrogen-bond donors (Lipinski definition) is 2. The minimum atomic E-state index is -0.146. The number of rotatable bonds is 6. The molecule has 5 nitrogen and oxygen atoms in total. The van der Waals surface area contributed by atoms with Crippen molar-refractivity contribution in [1.82, 2.24) is 15.5 Å². The van der Waals surface area contributed by atoms with Crippen LogP contribution in [0.4, 0.5) is 4.79 Å². The third-order valence-electron chi connectivity index (χ3n) is 4.96. The summed E-state index contributed by atoms with van der Waals surface area (Å²) in [6.07, 6.45) is 2.85. The van der Waals surface area contributed by atoms with E-state index in [-0.39, 0.29) is 23.8 Å². The lowest BCUT2D eigenvalue weighted by molar-refractivity contribution is -0.128.